The summed E-state index contributed by atoms with van der Waals surface area (Å²) in [6.45, 7) is 7.02. The van der Waals surface area contributed by atoms with Crippen LogP contribution >= 0.6 is 0 Å². The van der Waals surface area contributed by atoms with Crippen LogP contribution in [0.3, 0.4) is 0 Å². The number of rotatable bonds is 8. The van der Waals surface area contributed by atoms with Crippen LogP contribution in [0.15, 0.2) is 65.7 Å². The highest BCUT2D eigenvalue weighted by molar-refractivity contribution is 5.80. The fourth-order valence-electron chi connectivity index (χ4n) is 3.42. The third-order valence-electron chi connectivity index (χ3n) is 4.92. The van der Waals surface area contributed by atoms with E-state index in [1.807, 2.05) is 18.2 Å². The van der Waals surface area contributed by atoms with E-state index in [-0.39, 0.29) is 0 Å². The average molecular weight is 381 g/mol. The Morgan fingerprint density at radius 2 is 1.71 bits per heavy atom. The lowest BCUT2D eigenvalue weighted by Gasteiger charge is -2.34. The Balaban J connectivity index is 1.39. The smallest absolute Gasteiger partial charge is 0.191 e. The molecule has 0 amide bonds. The Labute approximate surface area is 168 Å². The lowest BCUT2D eigenvalue weighted by molar-refractivity contribution is 0.128. The van der Waals surface area contributed by atoms with Crippen molar-refractivity contribution in [1.29, 1.82) is 0 Å². The van der Waals surface area contributed by atoms with Gasteiger partial charge in [-0.25, -0.2) is 0 Å². The first-order valence-electron chi connectivity index (χ1n) is 10.3. The molecule has 0 bridgehead atoms. The molecular weight excluding hydrogens is 348 g/mol. The first-order valence-corrected chi connectivity index (χ1v) is 10.3. The minimum atomic E-state index is 0.461. The Morgan fingerprint density at radius 3 is 2.39 bits per heavy atom. The maximum Gasteiger partial charge on any atom is 0.191 e. The molecule has 1 aliphatic heterocycles. The zero-order chi connectivity index (χ0) is 19.4. The van der Waals surface area contributed by atoms with E-state index in [1.165, 1.54) is 11.3 Å². The van der Waals surface area contributed by atoms with E-state index >= 15 is 0 Å². The molecule has 1 fully saturated rings. The van der Waals surface area contributed by atoms with Crippen LogP contribution in [0.1, 0.15) is 25.3 Å². The molecule has 0 aromatic heterocycles. The number of anilines is 1. The molecule has 0 saturated carbocycles. The molecule has 2 N–H and O–H groups in total. The van der Waals surface area contributed by atoms with Gasteiger partial charge in [-0.15, -0.1) is 0 Å². The molecule has 2 aromatic carbocycles. The Hall–Kier alpha value is -2.53. The van der Waals surface area contributed by atoms with Crippen molar-refractivity contribution < 1.29 is 4.74 Å². The zero-order valence-electron chi connectivity index (χ0n) is 16.8. The van der Waals surface area contributed by atoms with Crippen LogP contribution in [-0.4, -0.2) is 44.8 Å². The topological polar surface area (TPSA) is 48.9 Å². The summed E-state index contributed by atoms with van der Waals surface area (Å²) in [5.41, 5.74) is 2.51. The third kappa shape index (κ3) is 6.57. The molecule has 1 aliphatic rings. The van der Waals surface area contributed by atoms with Crippen molar-refractivity contribution in [2.45, 2.75) is 32.4 Å². The summed E-state index contributed by atoms with van der Waals surface area (Å²) in [4.78, 5) is 7.13. The number of piperidine rings is 1. The van der Waals surface area contributed by atoms with E-state index < -0.39 is 0 Å². The summed E-state index contributed by atoms with van der Waals surface area (Å²) in [5, 5.41) is 6.95. The summed E-state index contributed by atoms with van der Waals surface area (Å²) < 4.78 is 5.73. The maximum absolute atomic E-state index is 5.73. The lowest BCUT2D eigenvalue weighted by atomic mass is 10.0. The van der Waals surface area contributed by atoms with Gasteiger partial charge >= 0.3 is 0 Å². The summed E-state index contributed by atoms with van der Waals surface area (Å²) >= 11 is 0. The number of hydrogen-bond donors (Lipinski definition) is 2. The number of hydrogen-bond acceptors (Lipinski definition) is 3. The number of guanidine groups is 1. The summed E-state index contributed by atoms with van der Waals surface area (Å²) in [5.74, 6) is 0.893. The summed E-state index contributed by atoms with van der Waals surface area (Å²) in [6, 6.07) is 21.4. The molecule has 3 rings (SSSR count). The summed E-state index contributed by atoms with van der Waals surface area (Å²) in [7, 11) is 0. The van der Waals surface area contributed by atoms with Crippen LogP contribution in [0.4, 0.5) is 5.69 Å². The second kappa shape index (κ2) is 11.3. The van der Waals surface area contributed by atoms with E-state index in [9.17, 15) is 0 Å². The molecule has 0 unspecified atom stereocenters. The SMILES string of the molecule is CCNC(=NCCOCc1ccccc1)NC1CCN(c2ccccc2)CC1. The van der Waals surface area contributed by atoms with Crippen molar-refractivity contribution in [1.82, 2.24) is 10.6 Å². The van der Waals surface area contributed by atoms with Crippen molar-refractivity contribution in [2.24, 2.45) is 4.99 Å². The van der Waals surface area contributed by atoms with Crippen LogP contribution in [0, 0.1) is 0 Å². The second-order valence-corrected chi connectivity index (χ2v) is 7.04. The number of nitrogens with one attached hydrogen (secondary N) is 2. The molecule has 5 nitrogen and oxygen atoms in total. The highest BCUT2D eigenvalue weighted by atomic mass is 16.5. The van der Waals surface area contributed by atoms with E-state index in [0.717, 1.165) is 38.4 Å². The third-order valence-corrected chi connectivity index (χ3v) is 4.92. The first kappa shape index (κ1) is 20.2. The fourth-order valence-corrected chi connectivity index (χ4v) is 3.42. The molecule has 0 radical (unpaired) electrons. The van der Waals surface area contributed by atoms with Crippen molar-refractivity contribution in [2.75, 3.05) is 37.7 Å². The first-order chi connectivity index (χ1) is 13.8. The van der Waals surface area contributed by atoms with Gasteiger partial charge in [0.1, 0.15) is 0 Å². The quantitative estimate of drug-likeness (QED) is 0.419. The number of ether oxygens (including phenoxy) is 1. The molecule has 2 aromatic rings. The van der Waals surface area contributed by atoms with Crippen LogP contribution in [0.5, 0.6) is 0 Å². The lowest BCUT2D eigenvalue weighted by Crippen LogP contribution is -2.48. The van der Waals surface area contributed by atoms with E-state index in [0.29, 0.717) is 25.8 Å². The highest BCUT2D eigenvalue weighted by Crippen LogP contribution is 2.19. The number of para-hydroxylation sites is 1. The monoisotopic (exact) mass is 380 g/mol. The zero-order valence-corrected chi connectivity index (χ0v) is 16.8. The molecule has 28 heavy (non-hydrogen) atoms. The van der Waals surface area contributed by atoms with Crippen LogP contribution in [0.2, 0.25) is 0 Å². The van der Waals surface area contributed by atoms with Gasteiger partial charge in [0.05, 0.1) is 19.8 Å². The van der Waals surface area contributed by atoms with Gasteiger partial charge in [0, 0.05) is 31.4 Å². The second-order valence-electron chi connectivity index (χ2n) is 7.04. The van der Waals surface area contributed by atoms with Crippen LogP contribution < -0.4 is 15.5 Å². The van der Waals surface area contributed by atoms with Crippen LogP contribution in [0.25, 0.3) is 0 Å². The molecule has 1 saturated heterocycles. The number of aliphatic imine (C=N–C) groups is 1. The number of nitrogens with zero attached hydrogens (tertiary/aromatic N) is 2. The Kier molecular flexibility index (Phi) is 8.19. The van der Waals surface area contributed by atoms with Gasteiger partial charge in [-0.3, -0.25) is 4.99 Å². The van der Waals surface area contributed by atoms with E-state index in [1.54, 1.807) is 0 Å². The highest BCUT2D eigenvalue weighted by Gasteiger charge is 2.20. The average Bonchev–Trinajstić information content (AvgIpc) is 2.75. The predicted octanol–water partition coefficient (Wildman–Crippen LogP) is 3.43. The minimum Gasteiger partial charge on any atom is -0.375 e. The van der Waals surface area contributed by atoms with Crippen LogP contribution in [-0.2, 0) is 11.3 Å². The van der Waals surface area contributed by atoms with Crippen molar-refractivity contribution in [3.8, 4) is 0 Å². The van der Waals surface area contributed by atoms with Gasteiger partial charge in [0.25, 0.3) is 0 Å². The van der Waals surface area contributed by atoms with Gasteiger partial charge in [0.2, 0.25) is 0 Å². The Morgan fingerprint density at radius 1 is 1.04 bits per heavy atom. The van der Waals surface area contributed by atoms with Crippen molar-refractivity contribution in [3.63, 3.8) is 0 Å². The van der Waals surface area contributed by atoms with Gasteiger partial charge in [0.15, 0.2) is 5.96 Å². The Bertz CT molecular complexity index is 697. The predicted molar refractivity (Wildman–Crippen MR) is 117 cm³/mol. The summed E-state index contributed by atoms with van der Waals surface area (Å²) in [6.07, 6.45) is 2.23. The largest absolute Gasteiger partial charge is 0.375 e. The minimum absolute atomic E-state index is 0.461. The molecule has 5 heteroatoms. The van der Waals surface area contributed by atoms with Crippen molar-refractivity contribution in [3.05, 3.63) is 66.2 Å². The van der Waals surface area contributed by atoms with Gasteiger partial charge in [-0.2, -0.15) is 0 Å². The molecule has 0 spiro atoms. The number of benzene rings is 2. The molecule has 150 valence electrons. The fraction of sp³-hybridized carbons (Fsp3) is 0.435. The van der Waals surface area contributed by atoms with E-state index in [2.05, 4.69) is 69.9 Å². The molecule has 1 heterocycles. The molecule has 0 atom stereocenters. The van der Waals surface area contributed by atoms with Crippen molar-refractivity contribution >= 4 is 11.6 Å². The normalized spacial score (nSPS) is 15.5. The maximum atomic E-state index is 5.73. The van der Waals surface area contributed by atoms with E-state index in [4.69, 9.17) is 4.74 Å². The van der Waals surface area contributed by atoms with Gasteiger partial charge in [-0.1, -0.05) is 48.5 Å². The van der Waals surface area contributed by atoms with Gasteiger partial charge < -0.3 is 20.3 Å². The standard InChI is InChI=1S/C23H32N4O/c1-2-24-23(25-15-18-28-19-20-9-5-3-6-10-20)26-21-13-16-27(17-14-21)22-11-7-4-8-12-22/h3-12,21H,2,13-19H2,1H3,(H2,24,25,26). The molecular formula is C23H32N4O. The molecule has 0 aliphatic carbocycles. The van der Waals surface area contributed by atoms with Gasteiger partial charge in [-0.05, 0) is 37.5 Å².